The molecular formula is C21H21ClFN3O2. The van der Waals surface area contributed by atoms with Gasteiger partial charge in [0.05, 0.1) is 30.8 Å². The van der Waals surface area contributed by atoms with E-state index in [2.05, 4.69) is 5.10 Å². The lowest BCUT2D eigenvalue weighted by atomic mass is 10.2. The summed E-state index contributed by atoms with van der Waals surface area (Å²) in [7, 11) is 1.74. The molecule has 3 aromatic rings. The summed E-state index contributed by atoms with van der Waals surface area (Å²) in [5.41, 5.74) is 2.12. The van der Waals surface area contributed by atoms with Gasteiger partial charge in [0.2, 0.25) is 5.91 Å². The van der Waals surface area contributed by atoms with Crippen molar-refractivity contribution in [3.8, 4) is 5.75 Å². The molecule has 3 rings (SSSR count). The highest BCUT2D eigenvalue weighted by molar-refractivity contribution is 6.30. The lowest BCUT2D eigenvalue weighted by molar-refractivity contribution is -0.130. The number of amides is 1. The van der Waals surface area contributed by atoms with Crippen molar-refractivity contribution in [1.82, 2.24) is 14.7 Å². The summed E-state index contributed by atoms with van der Waals surface area (Å²) in [6.45, 7) is 1.35. The largest absolute Gasteiger partial charge is 0.493 e. The van der Waals surface area contributed by atoms with Crippen LogP contribution in [-0.4, -0.2) is 34.2 Å². The minimum Gasteiger partial charge on any atom is -0.493 e. The van der Waals surface area contributed by atoms with Crippen LogP contribution in [0.4, 0.5) is 4.39 Å². The van der Waals surface area contributed by atoms with Crippen molar-refractivity contribution in [2.45, 2.75) is 19.5 Å². The molecule has 0 N–H and O–H groups in total. The minimum absolute atomic E-state index is 0.00606. The lowest BCUT2D eigenvalue weighted by Gasteiger charge is -2.16. The van der Waals surface area contributed by atoms with Crippen molar-refractivity contribution in [2.24, 2.45) is 0 Å². The van der Waals surface area contributed by atoms with Crippen LogP contribution in [0.5, 0.6) is 5.75 Å². The summed E-state index contributed by atoms with van der Waals surface area (Å²) < 4.78 is 20.5. The van der Waals surface area contributed by atoms with E-state index in [1.807, 2.05) is 41.2 Å². The molecule has 0 atom stereocenters. The molecule has 7 heteroatoms. The van der Waals surface area contributed by atoms with E-state index in [1.165, 1.54) is 23.8 Å². The lowest BCUT2D eigenvalue weighted by Crippen LogP contribution is -2.27. The third-order valence-electron chi connectivity index (χ3n) is 4.20. The molecule has 0 unspecified atom stereocenters. The van der Waals surface area contributed by atoms with Gasteiger partial charge >= 0.3 is 0 Å². The van der Waals surface area contributed by atoms with Crippen LogP contribution in [-0.2, 0) is 17.9 Å². The van der Waals surface area contributed by atoms with Crippen LogP contribution in [0.15, 0.2) is 60.9 Å². The van der Waals surface area contributed by atoms with E-state index in [0.29, 0.717) is 18.8 Å². The number of benzene rings is 2. The quantitative estimate of drug-likeness (QED) is 0.569. The highest BCUT2D eigenvalue weighted by atomic mass is 35.5. The number of nitrogens with zero attached hydrogens (tertiary/aromatic N) is 3. The average Bonchev–Trinajstić information content (AvgIpc) is 3.12. The number of carbonyl (C=O) groups is 1. The summed E-state index contributed by atoms with van der Waals surface area (Å²) in [5, 5.41) is 4.35. The van der Waals surface area contributed by atoms with Gasteiger partial charge < -0.3 is 9.64 Å². The summed E-state index contributed by atoms with van der Waals surface area (Å²) >= 11 is 5.71. The van der Waals surface area contributed by atoms with Crippen molar-refractivity contribution >= 4 is 17.5 Å². The fraction of sp³-hybridized carbons (Fsp3) is 0.238. The van der Waals surface area contributed by atoms with Gasteiger partial charge in [-0.3, -0.25) is 9.48 Å². The van der Waals surface area contributed by atoms with E-state index in [1.54, 1.807) is 18.1 Å². The fourth-order valence-corrected chi connectivity index (χ4v) is 2.89. The summed E-state index contributed by atoms with van der Waals surface area (Å²) in [4.78, 5) is 13.9. The van der Waals surface area contributed by atoms with Gasteiger partial charge in [-0.15, -0.1) is 0 Å². The van der Waals surface area contributed by atoms with Crippen molar-refractivity contribution in [3.05, 3.63) is 82.9 Å². The van der Waals surface area contributed by atoms with E-state index in [0.717, 1.165) is 5.56 Å². The van der Waals surface area contributed by atoms with Crippen LogP contribution in [0.1, 0.15) is 17.5 Å². The molecule has 2 aromatic carbocycles. The number of hydrogen-bond acceptors (Lipinski definition) is 3. The van der Waals surface area contributed by atoms with E-state index in [9.17, 15) is 9.18 Å². The molecule has 28 heavy (non-hydrogen) atoms. The second kappa shape index (κ2) is 9.37. The van der Waals surface area contributed by atoms with E-state index >= 15 is 0 Å². The van der Waals surface area contributed by atoms with Gasteiger partial charge in [-0.25, -0.2) is 4.39 Å². The van der Waals surface area contributed by atoms with Gasteiger partial charge in [-0.2, -0.15) is 5.10 Å². The number of ether oxygens (including phenoxy) is 1. The predicted octanol–water partition coefficient (Wildman–Crippen LogP) is 4.15. The predicted molar refractivity (Wildman–Crippen MR) is 106 cm³/mol. The van der Waals surface area contributed by atoms with Crippen LogP contribution in [0.2, 0.25) is 5.02 Å². The van der Waals surface area contributed by atoms with Crippen molar-refractivity contribution < 1.29 is 13.9 Å². The smallest absolute Gasteiger partial charge is 0.226 e. The molecule has 0 aliphatic heterocycles. The molecule has 1 heterocycles. The van der Waals surface area contributed by atoms with Crippen LogP contribution in [0.25, 0.3) is 0 Å². The first-order chi connectivity index (χ1) is 13.5. The van der Waals surface area contributed by atoms with Gasteiger partial charge in [0, 0.05) is 31.4 Å². The van der Waals surface area contributed by atoms with Crippen molar-refractivity contribution in [2.75, 3.05) is 13.7 Å². The topological polar surface area (TPSA) is 47.4 Å². The molecule has 0 fully saturated rings. The van der Waals surface area contributed by atoms with Crippen molar-refractivity contribution in [3.63, 3.8) is 0 Å². The molecular weight excluding hydrogens is 381 g/mol. The Morgan fingerprint density at radius 3 is 2.75 bits per heavy atom. The van der Waals surface area contributed by atoms with E-state index < -0.39 is 5.82 Å². The maximum atomic E-state index is 13.1. The van der Waals surface area contributed by atoms with Gasteiger partial charge in [0.25, 0.3) is 0 Å². The Kier molecular flexibility index (Phi) is 6.66. The first-order valence-electron chi connectivity index (χ1n) is 8.88. The zero-order valence-corrected chi connectivity index (χ0v) is 16.3. The van der Waals surface area contributed by atoms with Gasteiger partial charge in [-0.1, -0.05) is 41.9 Å². The van der Waals surface area contributed by atoms with E-state index in [-0.39, 0.29) is 24.0 Å². The Hall–Kier alpha value is -2.86. The summed E-state index contributed by atoms with van der Waals surface area (Å²) in [5.74, 6) is -0.120. The maximum Gasteiger partial charge on any atom is 0.226 e. The zero-order chi connectivity index (χ0) is 19.9. The SMILES string of the molecule is CN(Cc1cnn(Cc2ccccc2)c1)C(=O)CCOc1ccc(F)c(Cl)c1. The van der Waals surface area contributed by atoms with E-state index in [4.69, 9.17) is 16.3 Å². The third kappa shape index (κ3) is 5.57. The average molecular weight is 402 g/mol. The standard InChI is InChI=1S/C21H21ClFN3O2/c1-25(21(27)9-10-28-18-7-8-20(23)19(22)11-18)13-17-12-24-26(15-17)14-16-5-3-2-4-6-16/h2-8,11-12,15H,9-10,13-14H2,1H3. The second-order valence-corrected chi connectivity index (χ2v) is 6.86. The van der Waals surface area contributed by atoms with Gasteiger partial charge in [0.15, 0.2) is 0 Å². The van der Waals surface area contributed by atoms with Crippen molar-refractivity contribution in [1.29, 1.82) is 0 Å². The Morgan fingerprint density at radius 1 is 1.21 bits per heavy atom. The number of rotatable bonds is 8. The monoisotopic (exact) mass is 401 g/mol. The molecule has 0 aliphatic carbocycles. The van der Waals surface area contributed by atoms with Crippen LogP contribution in [0, 0.1) is 5.82 Å². The number of aromatic nitrogens is 2. The molecule has 0 bridgehead atoms. The number of halogens is 2. The minimum atomic E-state index is -0.502. The number of hydrogen-bond donors (Lipinski definition) is 0. The summed E-state index contributed by atoms with van der Waals surface area (Å²) in [6.07, 6.45) is 3.92. The van der Waals surface area contributed by atoms with Crippen LogP contribution < -0.4 is 4.74 Å². The number of carbonyl (C=O) groups excluding carboxylic acids is 1. The first kappa shape index (κ1) is 19.9. The molecule has 1 amide bonds. The van der Waals surface area contributed by atoms with Gasteiger partial charge in [-0.05, 0) is 17.7 Å². The Balaban J connectivity index is 1.45. The molecule has 146 valence electrons. The normalized spacial score (nSPS) is 10.7. The maximum absolute atomic E-state index is 13.1. The molecule has 0 saturated carbocycles. The Bertz CT molecular complexity index is 930. The van der Waals surface area contributed by atoms with Crippen LogP contribution >= 0.6 is 11.6 Å². The highest BCUT2D eigenvalue weighted by Gasteiger charge is 2.11. The highest BCUT2D eigenvalue weighted by Crippen LogP contribution is 2.21. The van der Waals surface area contributed by atoms with Gasteiger partial charge in [0.1, 0.15) is 11.6 Å². The first-order valence-corrected chi connectivity index (χ1v) is 9.26. The van der Waals surface area contributed by atoms with Crippen LogP contribution in [0.3, 0.4) is 0 Å². The molecule has 0 radical (unpaired) electrons. The molecule has 0 aliphatic rings. The Labute approximate surface area is 168 Å². The fourth-order valence-electron chi connectivity index (χ4n) is 2.72. The third-order valence-corrected chi connectivity index (χ3v) is 4.48. The summed E-state index contributed by atoms with van der Waals surface area (Å²) in [6, 6.07) is 14.2. The second-order valence-electron chi connectivity index (χ2n) is 6.46. The molecule has 0 spiro atoms. The Morgan fingerprint density at radius 2 is 2.00 bits per heavy atom. The molecule has 5 nitrogen and oxygen atoms in total. The molecule has 0 saturated heterocycles. The zero-order valence-electron chi connectivity index (χ0n) is 15.5. The molecule has 1 aromatic heterocycles.